The van der Waals surface area contributed by atoms with E-state index < -0.39 is 35.1 Å². The SMILES string of the molecule is CC(C)(C)OC(=O)N1CCCCCCCCCC(=O)OCCN(C(=O)OC(C)(C)C)CCCCCCCCCC(=O)OCCN(C(=O)OC(C)(C)C)CCCCCCCCCC(=O)OCC1. The highest BCUT2D eigenvalue weighted by Gasteiger charge is 2.25. The number of hydrogen-bond donors (Lipinski definition) is 0. The van der Waals surface area contributed by atoms with Gasteiger partial charge in [0.1, 0.15) is 36.6 Å². The second kappa shape index (κ2) is 34.5. The van der Waals surface area contributed by atoms with E-state index in [1.165, 1.54) is 0 Å². The van der Waals surface area contributed by atoms with Crippen molar-refractivity contribution >= 4 is 36.2 Å². The van der Waals surface area contributed by atoms with Crippen LogP contribution in [-0.4, -0.2) is 127 Å². The summed E-state index contributed by atoms with van der Waals surface area (Å²) in [4.78, 5) is 81.3. The van der Waals surface area contributed by atoms with Crippen LogP contribution in [0.4, 0.5) is 14.4 Å². The summed E-state index contributed by atoms with van der Waals surface area (Å²) >= 11 is 0. The zero-order valence-corrected chi connectivity index (χ0v) is 43.1. The fraction of sp³-hybridized carbons (Fsp3) is 0.882. The van der Waals surface area contributed by atoms with E-state index in [4.69, 9.17) is 28.4 Å². The maximum atomic E-state index is 13.0. The lowest BCUT2D eigenvalue weighted by molar-refractivity contribution is -0.145. The summed E-state index contributed by atoms with van der Waals surface area (Å²) in [5.74, 6) is -0.803. The van der Waals surface area contributed by atoms with Crippen LogP contribution in [0.25, 0.3) is 0 Å². The van der Waals surface area contributed by atoms with Crippen molar-refractivity contribution in [3.05, 3.63) is 0 Å². The second-order valence-electron chi connectivity index (χ2n) is 20.7. The van der Waals surface area contributed by atoms with Gasteiger partial charge >= 0.3 is 36.2 Å². The zero-order valence-electron chi connectivity index (χ0n) is 43.1. The average molecular weight is 940 g/mol. The summed E-state index contributed by atoms with van der Waals surface area (Å²) in [6.45, 7) is 19.2. The molecule has 1 saturated heterocycles. The molecule has 0 unspecified atom stereocenters. The molecule has 1 aliphatic rings. The zero-order chi connectivity index (χ0) is 49.3. The predicted molar refractivity (Wildman–Crippen MR) is 257 cm³/mol. The van der Waals surface area contributed by atoms with Gasteiger partial charge in [-0.05, 0) is 101 Å². The molecule has 0 radical (unpaired) electrons. The molecule has 384 valence electrons. The molecule has 15 nitrogen and oxygen atoms in total. The predicted octanol–water partition coefficient (Wildman–Crippen LogP) is 11.7. The molecule has 15 heteroatoms. The fourth-order valence-electron chi connectivity index (χ4n) is 7.26. The van der Waals surface area contributed by atoms with Gasteiger partial charge in [0.25, 0.3) is 0 Å². The van der Waals surface area contributed by atoms with E-state index in [2.05, 4.69) is 0 Å². The van der Waals surface area contributed by atoms with Gasteiger partial charge in [-0.15, -0.1) is 0 Å². The monoisotopic (exact) mass is 940 g/mol. The van der Waals surface area contributed by atoms with Gasteiger partial charge in [-0.3, -0.25) is 14.4 Å². The molecule has 0 aliphatic carbocycles. The van der Waals surface area contributed by atoms with Crippen LogP contribution < -0.4 is 0 Å². The van der Waals surface area contributed by atoms with Crippen molar-refractivity contribution < 1.29 is 57.2 Å². The molecule has 1 fully saturated rings. The van der Waals surface area contributed by atoms with Crippen molar-refractivity contribution in [3.63, 3.8) is 0 Å². The van der Waals surface area contributed by atoms with Gasteiger partial charge in [-0.25, -0.2) is 14.4 Å². The van der Waals surface area contributed by atoms with Gasteiger partial charge < -0.3 is 43.1 Å². The lowest BCUT2D eigenvalue weighted by Gasteiger charge is -2.27. The highest BCUT2D eigenvalue weighted by molar-refractivity contribution is 5.71. The van der Waals surface area contributed by atoms with Crippen molar-refractivity contribution in [2.45, 2.75) is 233 Å². The molecule has 0 aromatic rings. The highest BCUT2D eigenvalue weighted by Crippen LogP contribution is 2.17. The first-order valence-electron chi connectivity index (χ1n) is 25.6. The average Bonchev–Trinajstić information content (AvgIpc) is 3.20. The number of hydrogen-bond acceptors (Lipinski definition) is 12. The molecule has 0 atom stereocenters. The Balaban J connectivity index is 2.78. The van der Waals surface area contributed by atoms with Crippen LogP contribution in [0.1, 0.15) is 216 Å². The summed E-state index contributed by atoms with van der Waals surface area (Å²) in [6.07, 6.45) is 19.0. The van der Waals surface area contributed by atoms with Crippen molar-refractivity contribution in [1.29, 1.82) is 0 Å². The summed E-state index contributed by atoms with van der Waals surface area (Å²) < 4.78 is 33.4. The number of cyclic esters (lactones) is 3. The molecule has 1 aliphatic heterocycles. The van der Waals surface area contributed by atoms with Gasteiger partial charge in [-0.2, -0.15) is 0 Å². The minimum atomic E-state index is -0.638. The molecular formula is C51H93N3O12. The first kappa shape index (κ1) is 60.2. The van der Waals surface area contributed by atoms with Gasteiger partial charge in [0, 0.05) is 38.9 Å². The van der Waals surface area contributed by atoms with E-state index >= 15 is 0 Å². The Hall–Kier alpha value is -3.78. The Morgan fingerprint density at radius 2 is 0.530 bits per heavy atom. The minimum absolute atomic E-state index is 0.116. The van der Waals surface area contributed by atoms with E-state index in [0.717, 1.165) is 135 Å². The maximum absolute atomic E-state index is 13.0. The number of carbonyl (C=O) groups excluding carboxylic acids is 6. The third kappa shape index (κ3) is 35.4. The molecule has 66 heavy (non-hydrogen) atoms. The van der Waals surface area contributed by atoms with Crippen LogP contribution in [0, 0.1) is 0 Å². The molecule has 0 aromatic heterocycles. The molecule has 0 saturated carbocycles. The van der Waals surface area contributed by atoms with Crippen LogP contribution in [-0.2, 0) is 42.8 Å². The van der Waals surface area contributed by atoms with Crippen LogP contribution in [0.2, 0.25) is 0 Å². The van der Waals surface area contributed by atoms with Gasteiger partial charge in [0.2, 0.25) is 0 Å². The minimum Gasteiger partial charge on any atom is -0.464 e. The Kier molecular flexibility index (Phi) is 31.5. The second-order valence-corrected chi connectivity index (χ2v) is 20.7. The maximum Gasteiger partial charge on any atom is 0.410 e. The number of ether oxygens (including phenoxy) is 6. The Morgan fingerprint density at radius 3 is 0.742 bits per heavy atom. The van der Waals surface area contributed by atoms with E-state index in [0.29, 0.717) is 38.9 Å². The van der Waals surface area contributed by atoms with Crippen molar-refractivity contribution in [3.8, 4) is 0 Å². The lowest BCUT2D eigenvalue weighted by Crippen LogP contribution is -2.39. The number of esters is 3. The summed E-state index contributed by atoms with van der Waals surface area (Å²) in [6, 6.07) is 0. The standard InChI is InChI=1S/C51H93N3O12/c1-49(2,3)64-46(58)52-34-28-22-16-10-13-19-26-32-44(56)62-41-38-54(48(60)66-51(7,8)9)36-30-24-18-12-15-21-27-33-45(57)63-42-39-53(47(59)65-50(4,5)6)35-29-23-17-11-14-20-25-31-43(55)61-40-37-52/h10-42H2,1-9H3. The van der Waals surface area contributed by atoms with E-state index in [1.807, 2.05) is 62.3 Å². The summed E-state index contributed by atoms with van der Waals surface area (Å²) in [7, 11) is 0. The number of amides is 3. The highest BCUT2D eigenvalue weighted by atomic mass is 16.6. The Labute approximate surface area is 399 Å². The molecular weight excluding hydrogens is 847 g/mol. The Morgan fingerprint density at radius 1 is 0.333 bits per heavy atom. The molecule has 1 heterocycles. The molecule has 0 N–H and O–H groups in total. The third-order valence-corrected chi connectivity index (χ3v) is 10.8. The van der Waals surface area contributed by atoms with E-state index in [-0.39, 0.29) is 57.4 Å². The molecule has 1 rings (SSSR count). The lowest BCUT2D eigenvalue weighted by atomic mass is 10.1. The van der Waals surface area contributed by atoms with Crippen molar-refractivity contribution in [2.24, 2.45) is 0 Å². The van der Waals surface area contributed by atoms with E-state index in [9.17, 15) is 28.8 Å². The van der Waals surface area contributed by atoms with Gasteiger partial charge in [0.15, 0.2) is 0 Å². The quantitative estimate of drug-likeness (QED) is 0.167. The van der Waals surface area contributed by atoms with Crippen molar-refractivity contribution in [2.75, 3.05) is 59.1 Å². The fourth-order valence-corrected chi connectivity index (χ4v) is 7.26. The number of carbonyl (C=O) groups is 6. The van der Waals surface area contributed by atoms with Crippen LogP contribution >= 0.6 is 0 Å². The van der Waals surface area contributed by atoms with Crippen molar-refractivity contribution in [1.82, 2.24) is 14.7 Å². The molecule has 3 amide bonds. The normalized spacial score (nSPS) is 20.0. The largest absolute Gasteiger partial charge is 0.464 e. The van der Waals surface area contributed by atoms with E-state index in [1.54, 1.807) is 14.7 Å². The van der Waals surface area contributed by atoms with Crippen LogP contribution in [0.15, 0.2) is 0 Å². The number of rotatable bonds is 0. The number of nitrogens with zero attached hydrogens (tertiary/aromatic N) is 3. The topological polar surface area (TPSA) is 168 Å². The third-order valence-electron chi connectivity index (χ3n) is 10.8. The first-order chi connectivity index (χ1) is 31.1. The van der Waals surface area contributed by atoms with Gasteiger partial charge in [0.05, 0.1) is 19.6 Å². The van der Waals surface area contributed by atoms with Gasteiger partial charge in [-0.1, -0.05) is 96.3 Å². The Bertz CT molecular complexity index is 1210. The smallest absolute Gasteiger partial charge is 0.410 e. The summed E-state index contributed by atoms with van der Waals surface area (Å²) in [5, 5.41) is 0. The first-order valence-corrected chi connectivity index (χ1v) is 25.6. The molecule has 0 aromatic carbocycles. The molecule has 0 spiro atoms. The summed E-state index contributed by atoms with van der Waals surface area (Å²) in [5.41, 5.74) is -1.92. The van der Waals surface area contributed by atoms with Crippen LogP contribution in [0.5, 0.6) is 0 Å². The molecule has 0 bridgehead atoms. The van der Waals surface area contributed by atoms with Crippen LogP contribution in [0.3, 0.4) is 0 Å².